The number of hydrogen-bond donors (Lipinski definition) is 1. The molecule has 1 aromatic carbocycles. The van der Waals surface area contributed by atoms with Gasteiger partial charge in [-0.25, -0.2) is 0 Å². The molecule has 1 N–H and O–H groups in total. The van der Waals surface area contributed by atoms with Gasteiger partial charge in [0.25, 0.3) is 0 Å². The number of aliphatic imine (C=N–C) groups is 1. The molecule has 1 aromatic rings. The Hall–Kier alpha value is -2.36. The van der Waals surface area contributed by atoms with Crippen molar-refractivity contribution in [2.75, 3.05) is 6.61 Å². The van der Waals surface area contributed by atoms with Crippen LogP contribution in [0.1, 0.15) is 12.0 Å². The molecule has 3 rings (SSSR count). The van der Waals surface area contributed by atoms with E-state index >= 15 is 0 Å². The van der Waals surface area contributed by atoms with Crippen molar-refractivity contribution in [1.29, 1.82) is 0 Å². The van der Waals surface area contributed by atoms with Gasteiger partial charge in [-0.05, 0) is 22.9 Å². The fourth-order valence-electron chi connectivity index (χ4n) is 2.13. The van der Waals surface area contributed by atoms with E-state index in [9.17, 15) is 4.79 Å². The number of allylic oxidation sites excluding steroid dienone is 1. The van der Waals surface area contributed by atoms with Crippen LogP contribution in [-0.4, -0.2) is 23.9 Å². The average Bonchev–Trinajstić information content (AvgIpc) is 2.70. The lowest BCUT2D eigenvalue weighted by molar-refractivity contribution is -0.135. The monoisotopic (exact) mass is 241 g/mol. The molecule has 4 heteroatoms. The number of carboxylic acids is 1. The van der Waals surface area contributed by atoms with E-state index in [1.165, 1.54) is 0 Å². The second-order valence-electron chi connectivity index (χ2n) is 4.14. The SMILES string of the molecule is O=C(O)CC1=c2cc3c(cc2OCC=N1)=CC=C3. The number of carbonyl (C=O) groups is 1. The van der Waals surface area contributed by atoms with Crippen molar-refractivity contribution in [3.05, 3.63) is 34.2 Å². The molecule has 90 valence electrons. The predicted molar refractivity (Wildman–Crippen MR) is 68.8 cm³/mol. The zero-order valence-electron chi connectivity index (χ0n) is 9.59. The second-order valence-corrected chi connectivity index (χ2v) is 4.14. The van der Waals surface area contributed by atoms with Gasteiger partial charge in [-0.15, -0.1) is 0 Å². The quantitative estimate of drug-likeness (QED) is 0.822. The first-order chi connectivity index (χ1) is 8.74. The summed E-state index contributed by atoms with van der Waals surface area (Å²) in [6.07, 6.45) is 7.45. The van der Waals surface area contributed by atoms with Crippen molar-refractivity contribution in [2.45, 2.75) is 6.42 Å². The Morgan fingerprint density at radius 1 is 1.44 bits per heavy atom. The standard InChI is InChI=1S/C14H11NO3/c16-14(17)8-12-11-6-9-2-1-3-10(9)7-13(11)18-5-4-15-12/h1-4,6-7H,5,8H2,(H,16,17). The second kappa shape index (κ2) is 4.14. The molecule has 1 aliphatic heterocycles. The Bertz CT molecular complexity index is 698. The first-order valence-corrected chi connectivity index (χ1v) is 5.67. The molecule has 4 nitrogen and oxygen atoms in total. The van der Waals surface area contributed by atoms with E-state index in [-0.39, 0.29) is 6.42 Å². The number of nitrogens with zero attached hydrogens (tertiary/aromatic N) is 1. The van der Waals surface area contributed by atoms with Gasteiger partial charge in [-0.2, -0.15) is 0 Å². The van der Waals surface area contributed by atoms with E-state index in [1.807, 2.05) is 30.4 Å². The van der Waals surface area contributed by atoms with Crippen molar-refractivity contribution >= 4 is 30.0 Å². The Morgan fingerprint density at radius 2 is 2.33 bits per heavy atom. The normalized spacial score (nSPS) is 15.4. The fraction of sp³-hybridized carbons (Fsp3) is 0.143. The molecule has 0 bridgehead atoms. The Labute approximate surface area is 103 Å². The minimum Gasteiger partial charge on any atom is -0.487 e. The van der Waals surface area contributed by atoms with Crippen LogP contribution < -0.4 is 15.2 Å². The van der Waals surface area contributed by atoms with Crippen molar-refractivity contribution < 1.29 is 14.6 Å². The number of aliphatic carboxylic acids is 1. The third-order valence-corrected chi connectivity index (χ3v) is 2.93. The van der Waals surface area contributed by atoms with Crippen molar-refractivity contribution in [2.24, 2.45) is 4.99 Å². The number of hydrogen-bond acceptors (Lipinski definition) is 3. The number of carboxylic acid groups (broad SMARTS) is 1. The van der Waals surface area contributed by atoms with Crippen LogP contribution >= 0.6 is 0 Å². The molecule has 18 heavy (non-hydrogen) atoms. The molecular formula is C14H11NO3. The maximum atomic E-state index is 10.9. The van der Waals surface area contributed by atoms with E-state index in [2.05, 4.69) is 4.99 Å². The Balaban J connectivity index is 2.28. The molecule has 0 saturated heterocycles. The summed E-state index contributed by atoms with van der Waals surface area (Å²) in [5.74, 6) is -0.194. The zero-order valence-corrected chi connectivity index (χ0v) is 9.59. The van der Waals surface area contributed by atoms with Gasteiger partial charge in [0, 0.05) is 11.4 Å². The molecule has 2 aliphatic rings. The van der Waals surface area contributed by atoms with E-state index < -0.39 is 5.97 Å². The summed E-state index contributed by atoms with van der Waals surface area (Å²) >= 11 is 0. The highest BCUT2D eigenvalue weighted by Crippen LogP contribution is 2.13. The molecule has 1 heterocycles. The molecule has 0 aromatic heterocycles. The van der Waals surface area contributed by atoms with Gasteiger partial charge in [-0.1, -0.05) is 18.2 Å². The number of benzene rings is 1. The van der Waals surface area contributed by atoms with Gasteiger partial charge >= 0.3 is 5.97 Å². The number of ether oxygens (including phenoxy) is 1. The third-order valence-electron chi connectivity index (χ3n) is 2.93. The summed E-state index contributed by atoms with van der Waals surface area (Å²) < 4.78 is 5.57. The van der Waals surface area contributed by atoms with Crippen LogP contribution in [0.3, 0.4) is 0 Å². The van der Waals surface area contributed by atoms with Gasteiger partial charge in [-0.3, -0.25) is 9.79 Å². The molecule has 0 saturated carbocycles. The fourth-order valence-corrected chi connectivity index (χ4v) is 2.13. The van der Waals surface area contributed by atoms with Gasteiger partial charge in [0.15, 0.2) is 0 Å². The van der Waals surface area contributed by atoms with Crippen LogP contribution in [0.25, 0.3) is 17.8 Å². The lowest BCUT2D eigenvalue weighted by Gasteiger charge is -2.04. The van der Waals surface area contributed by atoms with Crippen LogP contribution in [0, 0.1) is 0 Å². The summed E-state index contributed by atoms with van der Waals surface area (Å²) in [5, 5.41) is 10.8. The first kappa shape index (κ1) is 10.8. The highest BCUT2D eigenvalue weighted by Gasteiger charge is 2.11. The average molecular weight is 241 g/mol. The summed E-state index contributed by atoms with van der Waals surface area (Å²) in [4.78, 5) is 15.0. The molecule has 1 aliphatic carbocycles. The van der Waals surface area contributed by atoms with Crippen LogP contribution in [0.4, 0.5) is 0 Å². The molecule has 0 unspecified atom stereocenters. The van der Waals surface area contributed by atoms with Crippen LogP contribution in [0.5, 0.6) is 5.75 Å². The predicted octanol–water partition coefficient (Wildman–Crippen LogP) is 0.540. The van der Waals surface area contributed by atoms with Gasteiger partial charge in [0.2, 0.25) is 0 Å². The minimum absolute atomic E-state index is 0.0981. The number of fused-ring (bicyclic) bond motifs is 2. The van der Waals surface area contributed by atoms with E-state index in [0.29, 0.717) is 18.1 Å². The molecule has 0 radical (unpaired) electrons. The Morgan fingerprint density at radius 3 is 3.17 bits per heavy atom. The number of rotatable bonds is 2. The third kappa shape index (κ3) is 1.82. The summed E-state index contributed by atoms with van der Waals surface area (Å²) in [5.41, 5.74) is 1.61. The molecule has 0 spiro atoms. The van der Waals surface area contributed by atoms with E-state index in [0.717, 1.165) is 16.0 Å². The first-order valence-electron chi connectivity index (χ1n) is 5.67. The van der Waals surface area contributed by atoms with Gasteiger partial charge in [0.1, 0.15) is 12.4 Å². The van der Waals surface area contributed by atoms with E-state index in [4.69, 9.17) is 9.84 Å². The summed E-state index contributed by atoms with van der Waals surface area (Å²) in [6.45, 7) is 0.363. The highest BCUT2D eigenvalue weighted by atomic mass is 16.5. The van der Waals surface area contributed by atoms with Gasteiger partial charge in [0.05, 0.1) is 12.1 Å². The topological polar surface area (TPSA) is 58.9 Å². The maximum absolute atomic E-state index is 10.9. The minimum atomic E-state index is -0.891. The molecular weight excluding hydrogens is 230 g/mol. The lowest BCUT2D eigenvalue weighted by atomic mass is 10.1. The van der Waals surface area contributed by atoms with Crippen molar-refractivity contribution in [3.8, 4) is 5.75 Å². The van der Waals surface area contributed by atoms with Crippen molar-refractivity contribution in [1.82, 2.24) is 0 Å². The maximum Gasteiger partial charge on any atom is 0.309 e. The molecule has 0 amide bonds. The lowest BCUT2D eigenvalue weighted by Crippen LogP contribution is -2.17. The molecule has 0 fully saturated rings. The van der Waals surface area contributed by atoms with Crippen LogP contribution in [-0.2, 0) is 4.79 Å². The molecule has 0 atom stereocenters. The summed E-state index contributed by atoms with van der Waals surface area (Å²) in [6, 6.07) is 3.87. The largest absolute Gasteiger partial charge is 0.487 e. The van der Waals surface area contributed by atoms with Crippen LogP contribution in [0.2, 0.25) is 0 Å². The van der Waals surface area contributed by atoms with E-state index in [1.54, 1.807) is 6.21 Å². The van der Waals surface area contributed by atoms with Gasteiger partial charge < -0.3 is 9.84 Å². The smallest absolute Gasteiger partial charge is 0.309 e. The Kier molecular flexibility index (Phi) is 2.48. The zero-order chi connectivity index (χ0) is 12.5. The van der Waals surface area contributed by atoms with Crippen LogP contribution in [0.15, 0.2) is 23.2 Å². The highest BCUT2D eigenvalue weighted by molar-refractivity contribution is 5.81. The summed E-state index contributed by atoms with van der Waals surface area (Å²) in [7, 11) is 0. The van der Waals surface area contributed by atoms with Crippen molar-refractivity contribution in [3.63, 3.8) is 0 Å².